The van der Waals surface area contributed by atoms with Crippen molar-refractivity contribution in [2.45, 2.75) is 11.8 Å². The Morgan fingerprint density at radius 1 is 0.607 bits per heavy atom. The number of nitrogen functional groups attached to an aromatic ring is 1. The fraction of sp³-hybridized carbons (Fsp3) is 0.167. The molecule has 4 aliphatic rings. The highest BCUT2D eigenvalue weighted by atomic mass is 16.2. The monoisotopic (exact) mass is 366 g/mol. The van der Waals surface area contributed by atoms with E-state index in [1.165, 1.54) is 27.2 Å². The minimum atomic E-state index is -0.347. The van der Waals surface area contributed by atoms with Gasteiger partial charge in [0.2, 0.25) is 11.8 Å². The molecule has 1 fully saturated rings. The number of rotatable bonds is 1. The molecule has 3 aliphatic carbocycles. The van der Waals surface area contributed by atoms with Crippen LogP contribution in [0.3, 0.4) is 0 Å². The summed E-state index contributed by atoms with van der Waals surface area (Å²) < 4.78 is 0. The maximum atomic E-state index is 13.5. The maximum absolute atomic E-state index is 13.5. The minimum Gasteiger partial charge on any atom is -0.399 e. The molecule has 136 valence electrons. The number of benzene rings is 3. The molecule has 1 saturated heterocycles. The van der Waals surface area contributed by atoms with Crippen LogP contribution < -0.4 is 10.6 Å². The average molecular weight is 366 g/mol. The Kier molecular flexibility index (Phi) is 2.97. The van der Waals surface area contributed by atoms with Crippen molar-refractivity contribution < 1.29 is 9.59 Å². The summed E-state index contributed by atoms with van der Waals surface area (Å²) in [6.07, 6.45) is 0. The zero-order chi connectivity index (χ0) is 19.0. The van der Waals surface area contributed by atoms with E-state index in [0.29, 0.717) is 11.4 Å². The van der Waals surface area contributed by atoms with Gasteiger partial charge in [-0.05, 0) is 46.5 Å². The van der Waals surface area contributed by atoms with E-state index in [0.717, 1.165) is 0 Å². The number of anilines is 2. The first-order valence-corrected chi connectivity index (χ1v) is 9.58. The van der Waals surface area contributed by atoms with Crippen molar-refractivity contribution in [2.24, 2.45) is 11.8 Å². The Hall–Kier alpha value is -3.40. The van der Waals surface area contributed by atoms with Gasteiger partial charge >= 0.3 is 0 Å². The summed E-state index contributed by atoms with van der Waals surface area (Å²) >= 11 is 0. The smallest absolute Gasteiger partial charge is 0.238 e. The Morgan fingerprint density at radius 3 is 1.39 bits per heavy atom. The zero-order valence-corrected chi connectivity index (χ0v) is 15.1. The molecule has 2 N–H and O–H groups in total. The lowest BCUT2D eigenvalue weighted by atomic mass is 9.55. The van der Waals surface area contributed by atoms with E-state index in [1.54, 1.807) is 24.3 Å². The lowest BCUT2D eigenvalue weighted by Crippen LogP contribution is -2.41. The number of carbonyl (C=O) groups excluding carboxylic acids is 2. The van der Waals surface area contributed by atoms with Crippen LogP contribution in [0.25, 0.3) is 0 Å². The molecule has 7 rings (SSSR count). The molecule has 1 heterocycles. The van der Waals surface area contributed by atoms with Gasteiger partial charge in [-0.3, -0.25) is 9.59 Å². The Labute approximate surface area is 162 Å². The number of imide groups is 1. The van der Waals surface area contributed by atoms with Crippen molar-refractivity contribution in [3.05, 3.63) is 95.1 Å². The third-order valence-electron chi connectivity index (χ3n) is 6.60. The fourth-order valence-corrected chi connectivity index (χ4v) is 5.56. The predicted octanol–water partition coefficient (Wildman–Crippen LogP) is 3.67. The lowest BCUT2D eigenvalue weighted by Gasteiger charge is -2.45. The van der Waals surface area contributed by atoms with Crippen LogP contribution in [-0.2, 0) is 9.59 Å². The van der Waals surface area contributed by atoms with Crippen LogP contribution in [-0.4, -0.2) is 11.8 Å². The molecule has 4 heteroatoms. The first kappa shape index (κ1) is 15.6. The second kappa shape index (κ2) is 5.32. The molecule has 3 aromatic rings. The van der Waals surface area contributed by atoms with E-state index >= 15 is 0 Å². The number of amides is 2. The summed E-state index contributed by atoms with van der Waals surface area (Å²) in [6, 6.07) is 23.5. The zero-order valence-electron chi connectivity index (χ0n) is 15.1. The predicted molar refractivity (Wildman–Crippen MR) is 107 cm³/mol. The first-order valence-electron chi connectivity index (χ1n) is 9.58. The quantitative estimate of drug-likeness (QED) is 0.528. The van der Waals surface area contributed by atoms with Gasteiger partial charge in [-0.2, -0.15) is 0 Å². The van der Waals surface area contributed by atoms with Gasteiger partial charge in [-0.1, -0.05) is 48.5 Å². The van der Waals surface area contributed by atoms with E-state index < -0.39 is 0 Å². The second-order valence-corrected chi connectivity index (χ2v) is 7.87. The van der Waals surface area contributed by atoms with E-state index in [4.69, 9.17) is 5.73 Å². The van der Waals surface area contributed by atoms with Gasteiger partial charge in [0.05, 0.1) is 17.5 Å². The molecular weight excluding hydrogens is 348 g/mol. The Bertz CT molecular complexity index is 1040. The molecule has 2 bridgehead atoms. The Morgan fingerprint density at radius 2 is 1.00 bits per heavy atom. The summed E-state index contributed by atoms with van der Waals surface area (Å²) in [7, 11) is 0. The Balaban J connectivity index is 1.57. The molecule has 2 amide bonds. The highest BCUT2D eigenvalue weighted by molar-refractivity contribution is 6.23. The number of hydrogen-bond donors (Lipinski definition) is 1. The molecule has 1 aliphatic heterocycles. The van der Waals surface area contributed by atoms with Crippen LogP contribution >= 0.6 is 0 Å². The SMILES string of the molecule is Nc1ccc(N2C(=O)[C@@H]3C4c5ccccc5C(c5ccccc54)[C@H]3C2=O)cc1. The van der Waals surface area contributed by atoms with Crippen molar-refractivity contribution in [1.29, 1.82) is 0 Å². The number of nitrogens with zero attached hydrogens (tertiary/aromatic N) is 1. The third-order valence-corrected chi connectivity index (χ3v) is 6.60. The largest absolute Gasteiger partial charge is 0.399 e. The second-order valence-electron chi connectivity index (χ2n) is 7.87. The first-order chi connectivity index (χ1) is 13.7. The van der Waals surface area contributed by atoms with Crippen molar-refractivity contribution in [3.8, 4) is 0 Å². The highest BCUT2D eigenvalue weighted by Gasteiger charge is 2.61. The van der Waals surface area contributed by atoms with Crippen LogP contribution in [0.2, 0.25) is 0 Å². The normalized spacial score (nSPS) is 26.8. The standard InChI is InChI=1S/C24H18N2O2/c25-13-9-11-14(12-10-13)26-23(27)21-19-15-5-1-2-6-16(15)20(22(21)24(26)28)18-8-4-3-7-17(18)19/h1-12,19-22H,25H2/t19?,20?,21-,22-/m1/s1. The molecule has 0 saturated carbocycles. The van der Waals surface area contributed by atoms with Crippen LogP contribution in [0.15, 0.2) is 72.8 Å². The van der Waals surface area contributed by atoms with E-state index in [9.17, 15) is 9.59 Å². The van der Waals surface area contributed by atoms with Gasteiger partial charge in [0.15, 0.2) is 0 Å². The van der Waals surface area contributed by atoms with Crippen molar-refractivity contribution in [1.82, 2.24) is 0 Å². The number of carbonyl (C=O) groups is 2. The molecule has 0 radical (unpaired) electrons. The summed E-state index contributed by atoms with van der Waals surface area (Å²) in [5.74, 6) is -1.03. The van der Waals surface area contributed by atoms with Gasteiger partial charge in [0, 0.05) is 17.5 Å². The maximum Gasteiger partial charge on any atom is 0.238 e. The molecular formula is C24H18N2O2. The summed E-state index contributed by atoms with van der Waals surface area (Å²) in [4.78, 5) is 28.4. The molecule has 4 nitrogen and oxygen atoms in total. The van der Waals surface area contributed by atoms with Gasteiger partial charge in [0.1, 0.15) is 0 Å². The van der Waals surface area contributed by atoms with E-state index in [2.05, 4.69) is 24.3 Å². The molecule has 0 spiro atoms. The van der Waals surface area contributed by atoms with Crippen LogP contribution in [0.4, 0.5) is 11.4 Å². The van der Waals surface area contributed by atoms with Crippen LogP contribution in [0, 0.1) is 11.8 Å². The van der Waals surface area contributed by atoms with E-state index in [-0.39, 0.29) is 35.5 Å². The molecule has 2 atom stereocenters. The van der Waals surface area contributed by atoms with Crippen molar-refractivity contribution >= 4 is 23.2 Å². The number of hydrogen-bond acceptors (Lipinski definition) is 3. The minimum absolute atomic E-state index is 0.0716. The van der Waals surface area contributed by atoms with Gasteiger partial charge in [-0.15, -0.1) is 0 Å². The van der Waals surface area contributed by atoms with Crippen LogP contribution in [0.5, 0.6) is 0 Å². The highest BCUT2D eigenvalue weighted by Crippen LogP contribution is 2.61. The fourth-order valence-electron chi connectivity index (χ4n) is 5.56. The average Bonchev–Trinajstić information content (AvgIpc) is 3.00. The van der Waals surface area contributed by atoms with Crippen LogP contribution in [0.1, 0.15) is 34.1 Å². The third kappa shape index (κ3) is 1.80. The van der Waals surface area contributed by atoms with Crippen molar-refractivity contribution in [2.75, 3.05) is 10.6 Å². The topological polar surface area (TPSA) is 63.4 Å². The molecule has 0 unspecified atom stereocenters. The molecule has 28 heavy (non-hydrogen) atoms. The molecule has 0 aromatic heterocycles. The summed E-state index contributed by atoms with van der Waals surface area (Å²) in [5, 5.41) is 0. The lowest BCUT2D eigenvalue weighted by molar-refractivity contribution is -0.122. The summed E-state index contributed by atoms with van der Waals surface area (Å²) in [6.45, 7) is 0. The van der Waals surface area contributed by atoms with Gasteiger partial charge < -0.3 is 5.73 Å². The summed E-state index contributed by atoms with van der Waals surface area (Å²) in [5.41, 5.74) is 11.8. The number of nitrogens with two attached hydrogens (primary N) is 1. The van der Waals surface area contributed by atoms with E-state index in [1.807, 2.05) is 24.3 Å². The van der Waals surface area contributed by atoms with Gasteiger partial charge in [-0.25, -0.2) is 4.90 Å². The van der Waals surface area contributed by atoms with Gasteiger partial charge in [0.25, 0.3) is 0 Å². The molecule has 3 aromatic carbocycles. The van der Waals surface area contributed by atoms with Crippen molar-refractivity contribution in [3.63, 3.8) is 0 Å².